The Morgan fingerprint density at radius 3 is 2.32 bits per heavy atom. The summed E-state index contributed by atoms with van der Waals surface area (Å²) in [5.74, 6) is 1.15. The topological polar surface area (TPSA) is 4.93 Å². The van der Waals surface area contributed by atoms with Crippen LogP contribution in [-0.2, 0) is 0 Å². The van der Waals surface area contributed by atoms with Gasteiger partial charge < -0.3 is 4.57 Å². The van der Waals surface area contributed by atoms with Gasteiger partial charge in [-0.3, -0.25) is 0 Å². The molecule has 5 rings (SSSR count). The van der Waals surface area contributed by atoms with Crippen LogP contribution in [0.25, 0.3) is 38.3 Å². The lowest BCUT2D eigenvalue weighted by atomic mass is 9.90. The molecular formula is C24H21N. The summed E-state index contributed by atoms with van der Waals surface area (Å²) in [4.78, 5) is 0. The largest absolute Gasteiger partial charge is 0.310 e. The second-order valence-electron chi connectivity index (χ2n) is 7.20. The van der Waals surface area contributed by atoms with Crippen molar-refractivity contribution >= 4 is 38.3 Å². The van der Waals surface area contributed by atoms with E-state index in [1.165, 1.54) is 38.3 Å². The molecule has 0 fully saturated rings. The highest BCUT2D eigenvalue weighted by atomic mass is 15.0. The van der Waals surface area contributed by atoms with Gasteiger partial charge in [-0.25, -0.2) is 0 Å². The standard InChI is InChI=1S/C24H21N/c1-16-11-13-19(15-17(16)2)25-22-10-6-5-9-21(22)24-20-8-4-3-7-18(20)12-14-23(24)25/h3-17H,1-2H3/t16-,17?/m0/s1. The molecule has 4 aromatic rings. The Balaban J connectivity index is 1.94. The quantitative estimate of drug-likeness (QED) is 0.370. The van der Waals surface area contributed by atoms with Crippen molar-refractivity contribution in [2.75, 3.05) is 0 Å². The van der Waals surface area contributed by atoms with Crippen LogP contribution in [0.5, 0.6) is 0 Å². The minimum absolute atomic E-state index is 0.552. The molecule has 3 aromatic carbocycles. The Bertz CT molecular complexity index is 1170. The molecule has 1 aliphatic carbocycles. The number of aromatic nitrogens is 1. The normalized spacial score (nSPS) is 20.5. The maximum absolute atomic E-state index is 2.43. The molecule has 1 heterocycles. The first-order valence-electron chi connectivity index (χ1n) is 9.05. The fourth-order valence-electron chi connectivity index (χ4n) is 4.07. The van der Waals surface area contributed by atoms with Crippen molar-refractivity contribution in [3.63, 3.8) is 0 Å². The second kappa shape index (κ2) is 5.35. The van der Waals surface area contributed by atoms with Crippen molar-refractivity contribution in [2.24, 2.45) is 11.8 Å². The smallest absolute Gasteiger partial charge is 0.0547 e. The van der Waals surface area contributed by atoms with Gasteiger partial charge in [0.25, 0.3) is 0 Å². The van der Waals surface area contributed by atoms with E-state index in [0.29, 0.717) is 11.8 Å². The molecular weight excluding hydrogens is 302 g/mol. The van der Waals surface area contributed by atoms with Gasteiger partial charge in [-0.2, -0.15) is 0 Å². The maximum atomic E-state index is 2.43. The van der Waals surface area contributed by atoms with Gasteiger partial charge in [0.1, 0.15) is 0 Å². The lowest BCUT2D eigenvalue weighted by molar-refractivity contribution is 0.552. The number of nitrogens with zero attached hydrogens (tertiary/aromatic N) is 1. The van der Waals surface area contributed by atoms with Crippen LogP contribution < -0.4 is 0 Å². The predicted octanol–water partition coefficient (Wildman–Crippen LogP) is 6.63. The van der Waals surface area contributed by atoms with E-state index in [0.717, 1.165) is 0 Å². The third-order valence-corrected chi connectivity index (χ3v) is 5.65. The third-order valence-electron chi connectivity index (χ3n) is 5.65. The summed E-state index contributed by atoms with van der Waals surface area (Å²) < 4.78 is 2.43. The number of para-hydroxylation sites is 1. The molecule has 1 aliphatic rings. The van der Waals surface area contributed by atoms with E-state index in [2.05, 4.69) is 97.3 Å². The predicted molar refractivity (Wildman–Crippen MR) is 109 cm³/mol. The Morgan fingerprint density at radius 2 is 1.48 bits per heavy atom. The summed E-state index contributed by atoms with van der Waals surface area (Å²) in [5.41, 5.74) is 3.86. The molecule has 1 heteroatoms. The van der Waals surface area contributed by atoms with E-state index in [-0.39, 0.29) is 0 Å². The summed E-state index contributed by atoms with van der Waals surface area (Å²) in [7, 11) is 0. The molecule has 0 bridgehead atoms. The highest BCUT2D eigenvalue weighted by Crippen LogP contribution is 2.38. The average molecular weight is 323 g/mol. The van der Waals surface area contributed by atoms with Gasteiger partial charge >= 0.3 is 0 Å². The van der Waals surface area contributed by atoms with E-state index >= 15 is 0 Å². The van der Waals surface area contributed by atoms with Crippen molar-refractivity contribution in [1.82, 2.24) is 4.57 Å². The van der Waals surface area contributed by atoms with Crippen molar-refractivity contribution < 1.29 is 0 Å². The second-order valence-corrected chi connectivity index (χ2v) is 7.20. The summed E-state index contributed by atoms with van der Waals surface area (Å²) in [5, 5.41) is 5.31. The van der Waals surface area contributed by atoms with Gasteiger partial charge in [0.2, 0.25) is 0 Å². The molecule has 0 spiro atoms. The Labute approximate surface area is 147 Å². The number of rotatable bonds is 1. The van der Waals surface area contributed by atoms with Crippen molar-refractivity contribution in [3.8, 4) is 0 Å². The van der Waals surface area contributed by atoms with E-state index in [4.69, 9.17) is 0 Å². The molecule has 0 aliphatic heterocycles. The fourth-order valence-corrected chi connectivity index (χ4v) is 4.07. The van der Waals surface area contributed by atoms with Gasteiger partial charge in [-0.1, -0.05) is 74.5 Å². The van der Waals surface area contributed by atoms with Crippen LogP contribution in [0, 0.1) is 11.8 Å². The lowest BCUT2D eigenvalue weighted by Gasteiger charge is -2.20. The minimum atomic E-state index is 0.552. The lowest BCUT2D eigenvalue weighted by Crippen LogP contribution is -2.09. The SMILES string of the molecule is CC1C=C(n2c3ccccc3c3c4ccccc4ccc32)C=C[C@@H]1C. The first-order valence-corrected chi connectivity index (χ1v) is 9.05. The van der Waals surface area contributed by atoms with Crippen LogP contribution >= 0.6 is 0 Å². The first kappa shape index (κ1) is 14.5. The number of fused-ring (bicyclic) bond motifs is 5. The van der Waals surface area contributed by atoms with Gasteiger partial charge in [-0.15, -0.1) is 0 Å². The molecule has 1 aromatic heterocycles. The van der Waals surface area contributed by atoms with Crippen LogP contribution in [0.15, 0.2) is 78.9 Å². The molecule has 2 atom stereocenters. The Morgan fingerprint density at radius 1 is 0.720 bits per heavy atom. The summed E-state index contributed by atoms with van der Waals surface area (Å²) >= 11 is 0. The molecule has 0 radical (unpaired) electrons. The van der Waals surface area contributed by atoms with E-state index in [9.17, 15) is 0 Å². The zero-order valence-corrected chi connectivity index (χ0v) is 14.6. The van der Waals surface area contributed by atoms with Crippen LogP contribution in [0.3, 0.4) is 0 Å². The van der Waals surface area contributed by atoms with E-state index in [1.54, 1.807) is 0 Å². The van der Waals surface area contributed by atoms with Crippen molar-refractivity contribution in [2.45, 2.75) is 13.8 Å². The van der Waals surface area contributed by atoms with Crippen LogP contribution in [-0.4, -0.2) is 4.57 Å². The highest BCUT2D eigenvalue weighted by molar-refractivity contribution is 6.21. The molecule has 1 unspecified atom stereocenters. The highest BCUT2D eigenvalue weighted by Gasteiger charge is 2.18. The van der Waals surface area contributed by atoms with Crippen LogP contribution in [0.4, 0.5) is 0 Å². The van der Waals surface area contributed by atoms with Gasteiger partial charge in [0.15, 0.2) is 0 Å². The van der Waals surface area contributed by atoms with Crippen LogP contribution in [0.2, 0.25) is 0 Å². The minimum Gasteiger partial charge on any atom is -0.310 e. The van der Waals surface area contributed by atoms with Crippen molar-refractivity contribution in [3.05, 3.63) is 78.9 Å². The third kappa shape index (κ3) is 2.09. The molecule has 0 N–H and O–H groups in total. The summed E-state index contributed by atoms with van der Waals surface area (Å²) in [6.45, 7) is 4.59. The van der Waals surface area contributed by atoms with E-state index in [1.807, 2.05) is 0 Å². The first-order chi connectivity index (χ1) is 12.2. The number of allylic oxidation sites excluding steroid dienone is 4. The Kier molecular flexibility index (Phi) is 3.11. The van der Waals surface area contributed by atoms with Crippen molar-refractivity contribution in [1.29, 1.82) is 0 Å². The molecule has 1 nitrogen and oxygen atoms in total. The molecule has 0 saturated heterocycles. The maximum Gasteiger partial charge on any atom is 0.0547 e. The van der Waals surface area contributed by atoms with Gasteiger partial charge in [0, 0.05) is 16.5 Å². The monoisotopic (exact) mass is 323 g/mol. The molecule has 0 amide bonds. The number of benzene rings is 3. The summed E-state index contributed by atoms with van der Waals surface area (Å²) in [6.07, 6.45) is 7.03. The zero-order valence-electron chi connectivity index (χ0n) is 14.6. The van der Waals surface area contributed by atoms with E-state index < -0.39 is 0 Å². The number of hydrogen-bond acceptors (Lipinski definition) is 0. The molecule has 0 saturated carbocycles. The van der Waals surface area contributed by atoms with Gasteiger partial charge in [0.05, 0.1) is 11.0 Å². The molecule has 122 valence electrons. The molecule has 25 heavy (non-hydrogen) atoms. The Hall–Kier alpha value is -2.80. The zero-order chi connectivity index (χ0) is 17.0. The number of hydrogen-bond donors (Lipinski definition) is 0. The summed E-state index contributed by atoms with van der Waals surface area (Å²) in [6, 6.07) is 22.0. The van der Waals surface area contributed by atoms with Gasteiger partial charge in [-0.05, 0) is 40.8 Å². The fraction of sp³-hybridized carbons (Fsp3) is 0.167. The average Bonchev–Trinajstić information content (AvgIpc) is 2.99. The van der Waals surface area contributed by atoms with Crippen LogP contribution in [0.1, 0.15) is 13.8 Å².